The zero-order valence-corrected chi connectivity index (χ0v) is 11.7. The van der Waals surface area contributed by atoms with Gasteiger partial charge in [0.1, 0.15) is 6.04 Å². The second-order valence-electron chi connectivity index (χ2n) is 5.11. The highest BCUT2D eigenvalue weighted by Gasteiger charge is 2.45. The van der Waals surface area contributed by atoms with Gasteiger partial charge in [-0.15, -0.1) is 0 Å². The molecule has 1 aromatic carbocycles. The first-order valence-electron chi connectivity index (χ1n) is 6.74. The van der Waals surface area contributed by atoms with Gasteiger partial charge in [0.05, 0.1) is 16.8 Å². The van der Waals surface area contributed by atoms with E-state index in [1.54, 1.807) is 0 Å². The van der Waals surface area contributed by atoms with Gasteiger partial charge in [-0.3, -0.25) is 34.7 Å². The van der Waals surface area contributed by atoms with Crippen LogP contribution in [-0.4, -0.2) is 45.8 Å². The van der Waals surface area contributed by atoms with E-state index in [2.05, 4.69) is 10.6 Å². The number of fused-ring (bicyclic) bond motifs is 1. The van der Waals surface area contributed by atoms with Gasteiger partial charge < -0.3 is 5.11 Å². The third-order valence-corrected chi connectivity index (χ3v) is 3.71. The van der Waals surface area contributed by atoms with Crippen molar-refractivity contribution >= 4 is 35.4 Å². The summed E-state index contributed by atoms with van der Waals surface area (Å²) in [7, 11) is 0. The highest BCUT2D eigenvalue weighted by Crippen LogP contribution is 2.32. The lowest BCUT2D eigenvalue weighted by molar-refractivity contribution is -0.136. The number of carbonyl (C=O) groups excluding carboxylic acids is 4. The Morgan fingerprint density at radius 2 is 1.96 bits per heavy atom. The van der Waals surface area contributed by atoms with Crippen molar-refractivity contribution in [2.45, 2.75) is 18.9 Å². The lowest BCUT2D eigenvalue weighted by Gasteiger charge is -2.27. The fraction of sp³-hybridized carbons (Fsp3) is 0.214. The molecule has 23 heavy (non-hydrogen) atoms. The molecular formula is C14H11N3O6. The molecule has 2 heterocycles. The maximum atomic E-state index is 12.5. The molecular weight excluding hydrogens is 306 g/mol. The molecule has 2 aliphatic rings. The van der Waals surface area contributed by atoms with Gasteiger partial charge in [-0.05, 0) is 18.6 Å². The molecule has 1 fully saturated rings. The third-order valence-electron chi connectivity index (χ3n) is 3.71. The lowest BCUT2D eigenvalue weighted by atomic mass is 10.0. The van der Waals surface area contributed by atoms with E-state index < -0.39 is 35.8 Å². The van der Waals surface area contributed by atoms with Crippen LogP contribution in [-0.2, 0) is 9.59 Å². The molecule has 1 atom stereocenters. The van der Waals surface area contributed by atoms with Gasteiger partial charge in [-0.25, -0.2) is 4.79 Å². The minimum absolute atomic E-state index is 0.0179. The Bertz CT molecular complexity index is 772. The van der Waals surface area contributed by atoms with Gasteiger partial charge in [-0.1, -0.05) is 6.07 Å². The second-order valence-corrected chi connectivity index (χ2v) is 5.11. The van der Waals surface area contributed by atoms with Crippen LogP contribution in [0.4, 0.5) is 10.5 Å². The van der Waals surface area contributed by atoms with E-state index in [9.17, 15) is 24.0 Å². The van der Waals surface area contributed by atoms with Crippen LogP contribution in [0.15, 0.2) is 18.2 Å². The molecule has 3 N–H and O–H groups in total. The average Bonchev–Trinajstić information content (AvgIpc) is 2.72. The fourth-order valence-corrected chi connectivity index (χ4v) is 2.73. The first kappa shape index (κ1) is 14.7. The summed E-state index contributed by atoms with van der Waals surface area (Å²) in [5.41, 5.74) is -0.0984. The summed E-state index contributed by atoms with van der Waals surface area (Å²) >= 11 is 0. The number of benzene rings is 1. The van der Waals surface area contributed by atoms with Gasteiger partial charge in [0.25, 0.3) is 11.8 Å². The van der Waals surface area contributed by atoms with Crippen LogP contribution >= 0.6 is 0 Å². The Balaban J connectivity index is 1.99. The molecule has 2 aliphatic heterocycles. The van der Waals surface area contributed by atoms with Crippen molar-refractivity contribution in [1.82, 2.24) is 10.2 Å². The van der Waals surface area contributed by atoms with Crippen molar-refractivity contribution in [2.75, 3.05) is 5.32 Å². The van der Waals surface area contributed by atoms with E-state index in [1.807, 2.05) is 0 Å². The summed E-state index contributed by atoms with van der Waals surface area (Å²) in [6, 6.07) is 3.09. The van der Waals surface area contributed by atoms with Crippen molar-refractivity contribution in [3.8, 4) is 0 Å². The van der Waals surface area contributed by atoms with E-state index in [-0.39, 0.29) is 29.7 Å². The minimum Gasteiger partial charge on any atom is -0.465 e. The average molecular weight is 317 g/mol. The predicted octanol–water partition coefficient (Wildman–Crippen LogP) is 0.178. The number of nitrogens with zero attached hydrogens (tertiary/aromatic N) is 1. The number of carbonyl (C=O) groups is 5. The van der Waals surface area contributed by atoms with Crippen LogP contribution in [0.3, 0.4) is 0 Å². The van der Waals surface area contributed by atoms with Gasteiger partial charge in [0, 0.05) is 6.42 Å². The highest BCUT2D eigenvalue weighted by atomic mass is 16.4. The fourth-order valence-electron chi connectivity index (χ4n) is 2.73. The van der Waals surface area contributed by atoms with Crippen LogP contribution in [0.25, 0.3) is 0 Å². The number of amides is 5. The number of imide groups is 2. The quantitative estimate of drug-likeness (QED) is 0.666. The molecule has 9 heteroatoms. The van der Waals surface area contributed by atoms with Gasteiger partial charge >= 0.3 is 6.09 Å². The maximum absolute atomic E-state index is 12.5. The monoisotopic (exact) mass is 317 g/mol. The summed E-state index contributed by atoms with van der Waals surface area (Å²) in [6.07, 6.45) is -1.32. The maximum Gasteiger partial charge on any atom is 0.409 e. The molecule has 0 spiro atoms. The molecule has 0 bridgehead atoms. The summed E-state index contributed by atoms with van der Waals surface area (Å²) in [6.45, 7) is 0. The van der Waals surface area contributed by atoms with Gasteiger partial charge in [0.2, 0.25) is 11.8 Å². The number of rotatable bonds is 2. The third kappa shape index (κ3) is 2.31. The van der Waals surface area contributed by atoms with Crippen molar-refractivity contribution in [2.24, 2.45) is 0 Å². The van der Waals surface area contributed by atoms with E-state index in [1.165, 1.54) is 18.2 Å². The number of piperidine rings is 1. The second kappa shape index (κ2) is 5.20. The molecule has 0 unspecified atom stereocenters. The van der Waals surface area contributed by atoms with Crippen LogP contribution in [0.2, 0.25) is 0 Å². The zero-order chi connectivity index (χ0) is 16.7. The molecule has 1 aromatic rings. The molecule has 0 aromatic heterocycles. The summed E-state index contributed by atoms with van der Waals surface area (Å²) in [5.74, 6) is -2.63. The molecule has 0 aliphatic carbocycles. The molecule has 3 rings (SSSR count). The Morgan fingerprint density at radius 1 is 1.22 bits per heavy atom. The van der Waals surface area contributed by atoms with Crippen LogP contribution in [0.1, 0.15) is 33.6 Å². The van der Waals surface area contributed by atoms with Gasteiger partial charge in [-0.2, -0.15) is 0 Å². The molecule has 118 valence electrons. The van der Waals surface area contributed by atoms with Crippen LogP contribution < -0.4 is 10.6 Å². The first-order valence-corrected chi connectivity index (χ1v) is 6.74. The first-order chi connectivity index (χ1) is 10.9. The van der Waals surface area contributed by atoms with Crippen molar-refractivity contribution < 1.29 is 29.1 Å². The Morgan fingerprint density at radius 3 is 2.61 bits per heavy atom. The number of hydrogen-bond donors (Lipinski definition) is 3. The number of anilines is 1. The zero-order valence-electron chi connectivity index (χ0n) is 11.7. The topological polar surface area (TPSA) is 133 Å². The number of hydrogen-bond acceptors (Lipinski definition) is 5. The molecule has 0 radical (unpaired) electrons. The van der Waals surface area contributed by atoms with Crippen molar-refractivity contribution in [3.05, 3.63) is 29.3 Å². The molecule has 0 saturated carbocycles. The summed E-state index contributed by atoms with van der Waals surface area (Å²) in [4.78, 5) is 59.7. The Hall–Kier alpha value is -3.23. The van der Waals surface area contributed by atoms with Crippen molar-refractivity contribution in [3.63, 3.8) is 0 Å². The van der Waals surface area contributed by atoms with Crippen LogP contribution in [0.5, 0.6) is 0 Å². The largest absolute Gasteiger partial charge is 0.465 e. The lowest BCUT2D eigenvalue weighted by Crippen LogP contribution is -2.54. The SMILES string of the molecule is O=C(O)Nc1cccc2c1C(=O)N([C@@H]1CCC(=O)NC1=O)C2=O. The molecule has 5 amide bonds. The Kier molecular flexibility index (Phi) is 3.32. The van der Waals surface area contributed by atoms with E-state index in [4.69, 9.17) is 5.11 Å². The number of nitrogens with one attached hydrogen (secondary N) is 2. The number of carboxylic acid groups (broad SMARTS) is 1. The molecule has 1 saturated heterocycles. The highest BCUT2D eigenvalue weighted by molar-refractivity contribution is 6.26. The summed E-state index contributed by atoms with van der Waals surface area (Å²) < 4.78 is 0. The van der Waals surface area contributed by atoms with E-state index >= 15 is 0 Å². The smallest absolute Gasteiger partial charge is 0.409 e. The van der Waals surface area contributed by atoms with Crippen molar-refractivity contribution in [1.29, 1.82) is 0 Å². The standard InChI is InChI=1S/C14H11N3O6/c18-9-5-4-8(11(19)16-9)17-12(20)6-2-1-3-7(15-14(22)23)10(6)13(17)21/h1-3,8,15H,4-5H2,(H,22,23)(H,16,18,19)/t8-/m1/s1. The Labute approximate surface area is 129 Å². The van der Waals surface area contributed by atoms with E-state index in [0.29, 0.717) is 0 Å². The normalized spacial score (nSPS) is 20.3. The summed E-state index contributed by atoms with van der Waals surface area (Å²) in [5, 5.41) is 13.0. The molecule has 9 nitrogen and oxygen atoms in total. The predicted molar refractivity (Wildman–Crippen MR) is 74.8 cm³/mol. The van der Waals surface area contributed by atoms with E-state index in [0.717, 1.165) is 4.90 Å². The van der Waals surface area contributed by atoms with Crippen LogP contribution in [0, 0.1) is 0 Å². The van der Waals surface area contributed by atoms with Gasteiger partial charge in [0.15, 0.2) is 0 Å². The minimum atomic E-state index is -1.38.